The summed E-state index contributed by atoms with van der Waals surface area (Å²) < 4.78 is 50.6. The lowest BCUT2D eigenvalue weighted by Crippen LogP contribution is -2.48. The zero-order chi connectivity index (χ0) is 22.5. The number of alkyl halides is 3. The average Bonchev–Trinajstić information content (AvgIpc) is 3.23. The smallest absolute Gasteiger partial charge is 0.381 e. The first-order valence-corrected chi connectivity index (χ1v) is 10.4. The van der Waals surface area contributed by atoms with Crippen LogP contribution >= 0.6 is 24.0 Å². The molecule has 0 atom stereocenters. The molecule has 178 valence electrons. The third-order valence-electron chi connectivity index (χ3n) is 5.67. The Bertz CT molecular complexity index is 893. The van der Waals surface area contributed by atoms with Crippen molar-refractivity contribution < 1.29 is 22.4 Å². The molecule has 2 N–H and O–H groups in total. The normalized spacial score (nSPS) is 16.5. The highest BCUT2D eigenvalue weighted by atomic mass is 127. The zero-order valence-electron chi connectivity index (χ0n) is 18.5. The van der Waals surface area contributed by atoms with Crippen molar-refractivity contribution in [1.82, 2.24) is 15.8 Å². The molecule has 0 bridgehead atoms. The van der Waals surface area contributed by atoms with Gasteiger partial charge < -0.3 is 19.9 Å². The highest BCUT2D eigenvalue weighted by Gasteiger charge is 2.37. The number of benzene rings is 1. The largest absolute Gasteiger partial charge is 0.416 e. The Labute approximate surface area is 203 Å². The van der Waals surface area contributed by atoms with Gasteiger partial charge in [0.15, 0.2) is 11.7 Å². The molecule has 0 unspecified atom stereocenters. The fourth-order valence-electron chi connectivity index (χ4n) is 3.68. The SMILES string of the molecule is CN=C(NCc1cc(C(C)C)no1)NCC1(c2cccc(C(F)(F)F)c2)CCOCC1.I. The maximum atomic E-state index is 13.3. The third-order valence-corrected chi connectivity index (χ3v) is 5.67. The molecule has 0 aliphatic carbocycles. The first kappa shape index (κ1) is 26.4. The van der Waals surface area contributed by atoms with Gasteiger partial charge in [-0.25, -0.2) is 0 Å². The number of aliphatic imine (C=N–C) groups is 1. The van der Waals surface area contributed by atoms with Gasteiger partial charge in [0.05, 0.1) is 17.8 Å². The predicted octanol–water partition coefficient (Wildman–Crippen LogP) is 4.85. The lowest BCUT2D eigenvalue weighted by molar-refractivity contribution is -0.137. The van der Waals surface area contributed by atoms with Gasteiger partial charge in [-0.3, -0.25) is 4.99 Å². The second-order valence-electron chi connectivity index (χ2n) is 8.12. The summed E-state index contributed by atoms with van der Waals surface area (Å²) in [6.45, 7) is 5.91. The molecule has 0 amide bonds. The van der Waals surface area contributed by atoms with Crippen LogP contribution in [0.25, 0.3) is 0 Å². The Morgan fingerprint density at radius 2 is 1.91 bits per heavy atom. The number of hydrogen-bond acceptors (Lipinski definition) is 4. The van der Waals surface area contributed by atoms with E-state index in [1.807, 2.05) is 19.9 Å². The Balaban J connectivity index is 0.00000363. The molecular weight excluding hydrogens is 536 g/mol. The molecule has 2 heterocycles. The summed E-state index contributed by atoms with van der Waals surface area (Å²) in [5.41, 5.74) is 0.425. The Morgan fingerprint density at radius 3 is 2.50 bits per heavy atom. The fraction of sp³-hybridized carbons (Fsp3) is 0.545. The van der Waals surface area contributed by atoms with Crippen LogP contribution in [0.3, 0.4) is 0 Å². The summed E-state index contributed by atoms with van der Waals surface area (Å²) in [5.74, 6) is 1.50. The predicted molar refractivity (Wildman–Crippen MR) is 127 cm³/mol. The van der Waals surface area contributed by atoms with Crippen LogP contribution in [0.15, 0.2) is 39.8 Å². The molecular formula is C22H30F3IN4O2. The summed E-state index contributed by atoms with van der Waals surface area (Å²) in [6.07, 6.45) is -3.13. The number of nitrogens with zero attached hydrogens (tertiary/aromatic N) is 2. The van der Waals surface area contributed by atoms with Gasteiger partial charge in [0.1, 0.15) is 0 Å². The Kier molecular flexibility index (Phi) is 9.38. The van der Waals surface area contributed by atoms with E-state index in [4.69, 9.17) is 9.26 Å². The highest BCUT2D eigenvalue weighted by molar-refractivity contribution is 14.0. The summed E-state index contributed by atoms with van der Waals surface area (Å²) in [7, 11) is 1.65. The van der Waals surface area contributed by atoms with E-state index < -0.39 is 17.2 Å². The second kappa shape index (κ2) is 11.4. The van der Waals surface area contributed by atoms with Crippen LogP contribution in [0.5, 0.6) is 0 Å². The maximum Gasteiger partial charge on any atom is 0.416 e. The average molecular weight is 566 g/mol. The first-order chi connectivity index (χ1) is 14.7. The van der Waals surface area contributed by atoms with E-state index in [2.05, 4.69) is 20.8 Å². The zero-order valence-corrected chi connectivity index (χ0v) is 20.8. The van der Waals surface area contributed by atoms with E-state index in [-0.39, 0.29) is 29.9 Å². The summed E-state index contributed by atoms with van der Waals surface area (Å²) in [4.78, 5) is 4.23. The summed E-state index contributed by atoms with van der Waals surface area (Å²) in [6, 6.07) is 7.49. The van der Waals surface area contributed by atoms with Crippen LogP contribution in [-0.2, 0) is 22.9 Å². The lowest BCUT2D eigenvalue weighted by Gasteiger charge is -2.38. The molecule has 3 rings (SSSR count). The van der Waals surface area contributed by atoms with Crippen LogP contribution < -0.4 is 10.6 Å². The molecule has 0 saturated carbocycles. The van der Waals surface area contributed by atoms with Crippen molar-refractivity contribution in [2.24, 2.45) is 4.99 Å². The number of hydrogen-bond donors (Lipinski definition) is 2. The maximum absolute atomic E-state index is 13.3. The quantitative estimate of drug-likeness (QED) is 0.298. The van der Waals surface area contributed by atoms with Crippen molar-refractivity contribution in [3.05, 3.63) is 52.9 Å². The summed E-state index contributed by atoms with van der Waals surface area (Å²) >= 11 is 0. The molecule has 32 heavy (non-hydrogen) atoms. The van der Waals surface area contributed by atoms with Crippen LogP contribution in [0.2, 0.25) is 0 Å². The van der Waals surface area contributed by atoms with E-state index in [1.165, 1.54) is 12.1 Å². The van der Waals surface area contributed by atoms with Gasteiger partial charge in [-0.15, -0.1) is 24.0 Å². The number of nitrogens with one attached hydrogen (secondary N) is 2. The van der Waals surface area contributed by atoms with Gasteiger partial charge in [-0.2, -0.15) is 13.2 Å². The van der Waals surface area contributed by atoms with E-state index in [0.717, 1.165) is 11.8 Å². The molecule has 0 radical (unpaired) electrons. The topological polar surface area (TPSA) is 71.7 Å². The van der Waals surface area contributed by atoms with Crippen molar-refractivity contribution in [2.45, 2.75) is 50.7 Å². The minimum atomic E-state index is -4.38. The monoisotopic (exact) mass is 566 g/mol. The van der Waals surface area contributed by atoms with Crippen molar-refractivity contribution >= 4 is 29.9 Å². The van der Waals surface area contributed by atoms with Gasteiger partial charge in [0.25, 0.3) is 0 Å². The number of rotatable bonds is 6. The number of guanidine groups is 1. The van der Waals surface area contributed by atoms with Gasteiger partial charge in [0.2, 0.25) is 0 Å². The van der Waals surface area contributed by atoms with Crippen molar-refractivity contribution in [1.29, 1.82) is 0 Å². The molecule has 6 nitrogen and oxygen atoms in total. The molecule has 1 aliphatic rings. The molecule has 1 saturated heterocycles. The summed E-state index contributed by atoms with van der Waals surface area (Å²) in [5, 5.41) is 10.5. The highest BCUT2D eigenvalue weighted by Crippen LogP contribution is 2.37. The van der Waals surface area contributed by atoms with Gasteiger partial charge in [0, 0.05) is 38.3 Å². The lowest BCUT2D eigenvalue weighted by atomic mass is 9.73. The molecule has 10 heteroatoms. The minimum absolute atomic E-state index is 0. The van der Waals surface area contributed by atoms with Gasteiger partial charge in [-0.05, 0) is 30.4 Å². The van der Waals surface area contributed by atoms with Crippen LogP contribution in [0.1, 0.15) is 55.2 Å². The van der Waals surface area contributed by atoms with Crippen molar-refractivity contribution in [3.63, 3.8) is 0 Å². The van der Waals surface area contributed by atoms with Gasteiger partial charge in [-0.1, -0.05) is 37.2 Å². The molecule has 1 fully saturated rings. The third kappa shape index (κ3) is 6.60. The Hall–Kier alpha value is -1.82. The second-order valence-corrected chi connectivity index (χ2v) is 8.12. The van der Waals surface area contributed by atoms with E-state index in [1.54, 1.807) is 13.1 Å². The minimum Gasteiger partial charge on any atom is -0.381 e. The molecule has 1 aliphatic heterocycles. The van der Waals surface area contributed by atoms with Crippen LogP contribution in [0, 0.1) is 0 Å². The van der Waals surface area contributed by atoms with Crippen LogP contribution in [-0.4, -0.2) is 37.9 Å². The van der Waals surface area contributed by atoms with E-state index in [9.17, 15) is 13.2 Å². The molecule has 2 aromatic rings. The van der Waals surface area contributed by atoms with E-state index in [0.29, 0.717) is 56.4 Å². The molecule has 0 spiro atoms. The number of ether oxygens (including phenoxy) is 1. The molecule has 1 aromatic heterocycles. The van der Waals surface area contributed by atoms with Crippen LogP contribution in [0.4, 0.5) is 13.2 Å². The van der Waals surface area contributed by atoms with E-state index >= 15 is 0 Å². The van der Waals surface area contributed by atoms with Crippen molar-refractivity contribution in [2.75, 3.05) is 26.8 Å². The Morgan fingerprint density at radius 1 is 1.19 bits per heavy atom. The first-order valence-electron chi connectivity index (χ1n) is 10.4. The fourth-order valence-corrected chi connectivity index (χ4v) is 3.68. The van der Waals surface area contributed by atoms with Crippen molar-refractivity contribution in [3.8, 4) is 0 Å². The molecule has 1 aromatic carbocycles. The number of aromatic nitrogens is 1. The standard InChI is InChI=1S/C22H29F3N4O2.HI/c1-15(2)19-12-18(31-29-19)13-27-20(26-3)28-14-21(7-9-30-10-8-21)16-5-4-6-17(11-16)22(23,24)25;/h4-6,11-12,15H,7-10,13-14H2,1-3H3,(H2,26,27,28);1H. The number of halogens is 4. The van der Waals surface area contributed by atoms with Gasteiger partial charge >= 0.3 is 6.18 Å².